The first kappa shape index (κ1) is 14.3. The van der Waals surface area contributed by atoms with Gasteiger partial charge in [0, 0.05) is 16.5 Å². The predicted molar refractivity (Wildman–Crippen MR) is 92.1 cm³/mol. The number of hydrogen-bond donors (Lipinski definition) is 3. The number of nitrogens with zero attached hydrogens (tertiary/aromatic N) is 1. The number of aromatic nitrogens is 1. The highest BCUT2D eigenvalue weighted by Crippen LogP contribution is 2.27. The number of carbonyl (C=O) groups is 1. The molecule has 1 aliphatic rings. The molecule has 6 heteroatoms. The van der Waals surface area contributed by atoms with Gasteiger partial charge in [-0.1, -0.05) is 12.1 Å². The van der Waals surface area contributed by atoms with Crippen LogP contribution < -0.4 is 16.2 Å². The van der Waals surface area contributed by atoms with Crippen molar-refractivity contribution in [1.82, 2.24) is 15.8 Å². The molecule has 23 heavy (non-hydrogen) atoms. The van der Waals surface area contributed by atoms with Gasteiger partial charge in [-0.3, -0.25) is 9.78 Å². The highest BCUT2D eigenvalue weighted by atomic mass is 32.1. The van der Waals surface area contributed by atoms with E-state index in [4.69, 9.17) is 0 Å². The van der Waals surface area contributed by atoms with Crippen molar-refractivity contribution in [3.8, 4) is 0 Å². The summed E-state index contributed by atoms with van der Waals surface area (Å²) >= 11 is 1.70. The third-order valence-corrected chi connectivity index (χ3v) is 5.00. The van der Waals surface area contributed by atoms with Crippen molar-refractivity contribution < 1.29 is 4.79 Å². The number of carbonyl (C=O) groups excluding carboxylic acids is 1. The second kappa shape index (κ2) is 6.08. The lowest BCUT2D eigenvalue weighted by Gasteiger charge is -2.12. The molecule has 2 atom stereocenters. The number of benzene rings is 1. The summed E-state index contributed by atoms with van der Waals surface area (Å²) in [4.78, 5) is 18.1. The van der Waals surface area contributed by atoms with E-state index in [-0.39, 0.29) is 18.0 Å². The van der Waals surface area contributed by atoms with E-state index in [1.165, 1.54) is 4.88 Å². The fourth-order valence-electron chi connectivity index (χ4n) is 2.84. The molecule has 1 aromatic carbocycles. The van der Waals surface area contributed by atoms with Gasteiger partial charge in [-0.05, 0) is 42.1 Å². The second-order valence-electron chi connectivity index (χ2n) is 5.51. The number of fused-ring (bicyclic) bond motifs is 1. The summed E-state index contributed by atoms with van der Waals surface area (Å²) in [7, 11) is 0. The Kier molecular flexibility index (Phi) is 3.78. The lowest BCUT2D eigenvalue weighted by atomic mass is 10.1. The number of nitrogens with one attached hydrogen (secondary N) is 3. The maximum Gasteiger partial charge on any atom is 0.242 e. The van der Waals surface area contributed by atoms with Crippen molar-refractivity contribution in [2.24, 2.45) is 0 Å². The molecule has 3 aromatic rings. The van der Waals surface area contributed by atoms with E-state index in [1.807, 2.05) is 41.8 Å². The standard InChI is InChI=1S/C17H16N4OS/c22-17(15-10-14(20-21-15)16-7-3-9-23-16)19-13-6-1-5-12-11(13)4-2-8-18-12/h1-9,14-15,20-21H,10H2,(H,19,22). The zero-order valence-electron chi connectivity index (χ0n) is 12.3. The van der Waals surface area contributed by atoms with Gasteiger partial charge in [-0.15, -0.1) is 11.3 Å². The summed E-state index contributed by atoms with van der Waals surface area (Å²) in [6, 6.07) is 13.6. The number of anilines is 1. The molecule has 0 radical (unpaired) electrons. The first-order valence-corrected chi connectivity index (χ1v) is 8.38. The molecule has 0 aliphatic carbocycles. The highest BCUT2D eigenvalue weighted by Gasteiger charge is 2.30. The van der Waals surface area contributed by atoms with Crippen molar-refractivity contribution >= 4 is 33.8 Å². The van der Waals surface area contributed by atoms with Crippen molar-refractivity contribution in [3.63, 3.8) is 0 Å². The SMILES string of the molecule is O=C(Nc1cccc2ncccc12)C1CC(c2cccs2)NN1. The van der Waals surface area contributed by atoms with Crippen LogP contribution in [0.15, 0.2) is 54.0 Å². The summed E-state index contributed by atoms with van der Waals surface area (Å²) in [5.74, 6) is -0.0343. The smallest absolute Gasteiger partial charge is 0.242 e. The molecule has 0 bridgehead atoms. The molecule has 1 fully saturated rings. The predicted octanol–water partition coefficient (Wildman–Crippen LogP) is 2.84. The minimum atomic E-state index is -0.256. The number of hydrazine groups is 1. The first-order chi connectivity index (χ1) is 11.3. The van der Waals surface area contributed by atoms with E-state index in [2.05, 4.69) is 27.2 Å². The van der Waals surface area contributed by atoms with Crippen LogP contribution >= 0.6 is 11.3 Å². The minimum absolute atomic E-state index is 0.0343. The Balaban J connectivity index is 1.50. The van der Waals surface area contributed by atoms with Gasteiger partial charge in [-0.25, -0.2) is 10.9 Å². The molecular formula is C17H16N4OS. The molecule has 1 saturated heterocycles. The van der Waals surface area contributed by atoms with Crippen molar-refractivity contribution in [1.29, 1.82) is 0 Å². The van der Waals surface area contributed by atoms with E-state index < -0.39 is 0 Å². The number of hydrogen-bond acceptors (Lipinski definition) is 5. The molecule has 1 aliphatic heterocycles. The molecule has 2 unspecified atom stereocenters. The number of rotatable bonds is 3. The molecule has 4 rings (SSSR count). The van der Waals surface area contributed by atoms with E-state index >= 15 is 0 Å². The van der Waals surface area contributed by atoms with Gasteiger partial charge >= 0.3 is 0 Å². The normalized spacial score (nSPS) is 20.7. The van der Waals surface area contributed by atoms with Crippen molar-refractivity contribution in [2.45, 2.75) is 18.5 Å². The molecule has 0 spiro atoms. The van der Waals surface area contributed by atoms with Crippen LogP contribution in [0.1, 0.15) is 17.3 Å². The Labute approximate surface area is 137 Å². The molecule has 0 saturated carbocycles. The molecule has 3 N–H and O–H groups in total. The first-order valence-electron chi connectivity index (χ1n) is 7.50. The Morgan fingerprint density at radius 3 is 3.00 bits per heavy atom. The molecule has 5 nitrogen and oxygen atoms in total. The largest absolute Gasteiger partial charge is 0.324 e. The maximum atomic E-state index is 12.5. The summed E-state index contributed by atoms with van der Waals surface area (Å²) in [6.45, 7) is 0. The van der Waals surface area contributed by atoms with Crippen LogP contribution in [0.2, 0.25) is 0 Å². The Morgan fingerprint density at radius 1 is 1.17 bits per heavy atom. The average Bonchev–Trinajstić information content (AvgIpc) is 3.26. The van der Waals surface area contributed by atoms with E-state index in [0.29, 0.717) is 0 Å². The fourth-order valence-corrected chi connectivity index (χ4v) is 3.63. The molecule has 116 valence electrons. The van der Waals surface area contributed by atoms with Crippen LogP contribution in [0, 0.1) is 0 Å². The number of thiophene rings is 1. The Hall–Kier alpha value is -2.28. The van der Waals surface area contributed by atoms with Crippen LogP contribution in [0.25, 0.3) is 10.9 Å². The topological polar surface area (TPSA) is 66.0 Å². The molecular weight excluding hydrogens is 308 g/mol. The fraction of sp³-hybridized carbons (Fsp3) is 0.176. The van der Waals surface area contributed by atoms with Gasteiger partial charge in [0.25, 0.3) is 0 Å². The van der Waals surface area contributed by atoms with Gasteiger partial charge in [0.1, 0.15) is 6.04 Å². The zero-order chi connectivity index (χ0) is 15.6. The Bertz CT molecular complexity index is 828. The van der Waals surface area contributed by atoms with E-state index in [1.54, 1.807) is 17.5 Å². The zero-order valence-corrected chi connectivity index (χ0v) is 13.1. The maximum absolute atomic E-state index is 12.5. The van der Waals surface area contributed by atoms with Crippen molar-refractivity contribution in [2.75, 3.05) is 5.32 Å². The van der Waals surface area contributed by atoms with E-state index in [0.717, 1.165) is 23.0 Å². The number of amides is 1. The van der Waals surface area contributed by atoms with Gasteiger partial charge < -0.3 is 5.32 Å². The highest BCUT2D eigenvalue weighted by molar-refractivity contribution is 7.10. The summed E-state index contributed by atoms with van der Waals surface area (Å²) < 4.78 is 0. The molecule has 2 aromatic heterocycles. The third kappa shape index (κ3) is 2.84. The molecule has 1 amide bonds. The lowest BCUT2D eigenvalue weighted by Crippen LogP contribution is -2.39. The molecule has 3 heterocycles. The van der Waals surface area contributed by atoms with Gasteiger partial charge in [-0.2, -0.15) is 0 Å². The Morgan fingerprint density at radius 2 is 2.13 bits per heavy atom. The van der Waals surface area contributed by atoms with E-state index in [9.17, 15) is 4.79 Å². The minimum Gasteiger partial charge on any atom is -0.324 e. The van der Waals surface area contributed by atoms with Crippen LogP contribution in [0.3, 0.4) is 0 Å². The number of pyridine rings is 1. The van der Waals surface area contributed by atoms with Gasteiger partial charge in [0.2, 0.25) is 5.91 Å². The van der Waals surface area contributed by atoms with Crippen LogP contribution in [-0.2, 0) is 4.79 Å². The monoisotopic (exact) mass is 324 g/mol. The van der Waals surface area contributed by atoms with Gasteiger partial charge in [0.05, 0.1) is 17.2 Å². The van der Waals surface area contributed by atoms with Crippen molar-refractivity contribution in [3.05, 3.63) is 58.9 Å². The second-order valence-corrected chi connectivity index (χ2v) is 6.49. The van der Waals surface area contributed by atoms with Gasteiger partial charge in [0.15, 0.2) is 0 Å². The summed E-state index contributed by atoms with van der Waals surface area (Å²) in [5.41, 5.74) is 7.96. The van der Waals surface area contributed by atoms with Crippen LogP contribution in [0.4, 0.5) is 5.69 Å². The average molecular weight is 324 g/mol. The summed E-state index contributed by atoms with van der Waals surface area (Å²) in [6.07, 6.45) is 2.48. The quantitative estimate of drug-likeness (QED) is 0.693. The summed E-state index contributed by atoms with van der Waals surface area (Å²) in [5, 5.41) is 6.01. The van der Waals surface area contributed by atoms with Crippen LogP contribution in [0.5, 0.6) is 0 Å². The lowest BCUT2D eigenvalue weighted by molar-refractivity contribution is -0.117. The third-order valence-electron chi connectivity index (χ3n) is 4.01. The van der Waals surface area contributed by atoms with Crippen LogP contribution in [-0.4, -0.2) is 16.9 Å².